The van der Waals surface area contributed by atoms with Crippen LogP contribution in [-0.2, 0) is 19.8 Å². The normalized spacial score (nSPS) is 18.8. The van der Waals surface area contributed by atoms with Crippen LogP contribution in [0.5, 0.6) is 0 Å². The maximum atomic E-state index is 12.5. The highest BCUT2D eigenvalue weighted by atomic mass is 32.2. The van der Waals surface area contributed by atoms with Gasteiger partial charge in [0.15, 0.2) is 7.85 Å². The Morgan fingerprint density at radius 1 is 1.20 bits per heavy atom. The quantitative estimate of drug-likeness (QED) is 0.580. The fraction of sp³-hybridized carbons (Fsp3) is 0.526. The number of thioether (sulfide) groups is 1. The third-order valence-electron chi connectivity index (χ3n) is 5.50. The summed E-state index contributed by atoms with van der Waals surface area (Å²) in [5.74, 6) is 0.481. The van der Waals surface area contributed by atoms with Gasteiger partial charge in [-0.05, 0) is 23.4 Å². The van der Waals surface area contributed by atoms with Crippen LogP contribution in [0.15, 0.2) is 24.3 Å². The number of imide groups is 1. The summed E-state index contributed by atoms with van der Waals surface area (Å²) in [6.07, 6.45) is 0.249. The standard InChI is InChI=1S/C19H24BNO3S/c1-6-25-14-11-15(22)21(16(14)23)13-9-7-12(8-10-13)18(2,3)19(4,5)17(20)24/h7-10,14H,6,11H2,1-5H3. The molecule has 6 heteroatoms. The molecule has 1 unspecified atom stereocenters. The maximum absolute atomic E-state index is 12.5. The highest BCUT2D eigenvalue weighted by molar-refractivity contribution is 8.00. The minimum atomic E-state index is -0.739. The molecule has 2 amide bonds. The van der Waals surface area contributed by atoms with Crippen molar-refractivity contribution >= 4 is 42.8 Å². The smallest absolute Gasteiger partial charge is 0.247 e. The van der Waals surface area contributed by atoms with E-state index < -0.39 is 10.8 Å². The van der Waals surface area contributed by atoms with E-state index in [1.807, 2.05) is 46.8 Å². The van der Waals surface area contributed by atoms with Gasteiger partial charge < -0.3 is 4.79 Å². The Morgan fingerprint density at radius 2 is 1.76 bits per heavy atom. The number of nitrogens with zero attached hydrogens (tertiary/aromatic N) is 1. The summed E-state index contributed by atoms with van der Waals surface area (Å²) in [7, 11) is 5.56. The van der Waals surface area contributed by atoms with Crippen molar-refractivity contribution in [1.82, 2.24) is 0 Å². The molecule has 0 spiro atoms. The Balaban J connectivity index is 2.30. The first-order valence-corrected chi connectivity index (χ1v) is 9.47. The predicted molar refractivity (Wildman–Crippen MR) is 103 cm³/mol. The summed E-state index contributed by atoms with van der Waals surface area (Å²) in [6.45, 7) is 9.55. The van der Waals surface area contributed by atoms with Crippen LogP contribution in [0.1, 0.15) is 46.6 Å². The second-order valence-electron chi connectivity index (χ2n) is 7.38. The molecular formula is C19H24BNO3S. The van der Waals surface area contributed by atoms with Crippen LogP contribution in [-0.4, -0.2) is 36.3 Å². The fourth-order valence-electron chi connectivity index (χ4n) is 2.90. The molecule has 1 saturated heterocycles. The first kappa shape index (κ1) is 19.8. The van der Waals surface area contributed by atoms with Gasteiger partial charge in [-0.2, -0.15) is 0 Å². The zero-order valence-corrected chi connectivity index (χ0v) is 16.3. The van der Waals surface area contributed by atoms with Gasteiger partial charge >= 0.3 is 0 Å². The monoisotopic (exact) mass is 357 g/mol. The lowest BCUT2D eigenvalue weighted by atomic mass is 9.58. The van der Waals surface area contributed by atoms with E-state index in [-0.39, 0.29) is 29.2 Å². The van der Waals surface area contributed by atoms with Crippen LogP contribution in [0.2, 0.25) is 0 Å². The predicted octanol–water partition coefficient (Wildman–Crippen LogP) is 3.07. The van der Waals surface area contributed by atoms with Crippen LogP contribution in [0, 0.1) is 5.41 Å². The van der Waals surface area contributed by atoms with Crippen molar-refractivity contribution in [3.8, 4) is 0 Å². The molecule has 4 nitrogen and oxygen atoms in total. The SMILES string of the molecule is [B]C(=O)C(C)(C)C(C)(C)c1ccc(N2C(=O)CC(SCC)C2=O)cc1. The highest BCUT2D eigenvalue weighted by Crippen LogP contribution is 2.42. The van der Waals surface area contributed by atoms with E-state index in [1.165, 1.54) is 16.7 Å². The zero-order chi connectivity index (χ0) is 19.0. The van der Waals surface area contributed by atoms with Crippen molar-refractivity contribution in [3.05, 3.63) is 29.8 Å². The maximum Gasteiger partial charge on any atom is 0.247 e. The lowest BCUT2D eigenvalue weighted by molar-refractivity contribution is -0.122. The Bertz CT molecular complexity index is 697. The second kappa shape index (κ2) is 6.98. The van der Waals surface area contributed by atoms with Crippen LogP contribution < -0.4 is 4.90 Å². The Hall–Kier alpha value is -1.56. The van der Waals surface area contributed by atoms with E-state index in [4.69, 9.17) is 7.85 Å². The molecule has 0 aliphatic carbocycles. The van der Waals surface area contributed by atoms with E-state index in [1.54, 1.807) is 12.1 Å². The topological polar surface area (TPSA) is 54.5 Å². The molecule has 0 bridgehead atoms. The minimum Gasteiger partial charge on any atom is -0.312 e. The van der Waals surface area contributed by atoms with Gasteiger partial charge in [-0.15, -0.1) is 11.8 Å². The largest absolute Gasteiger partial charge is 0.312 e. The van der Waals surface area contributed by atoms with Crippen LogP contribution >= 0.6 is 11.8 Å². The number of hydrogen-bond donors (Lipinski definition) is 0. The third kappa shape index (κ3) is 3.41. The van der Waals surface area contributed by atoms with Gasteiger partial charge in [0.1, 0.15) is 0 Å². The van der Waals surface area contributed by atoms with E-state index in [0.717, 1.165) is 11.3 Å². The number of carbonyl (C=O) groups excluding carboxylic acids is 3. The van der Waals surface area contributed by atoms with Gasteiger partial charge in [0.05, 0.1) is 16.6 Å². The average Bonchev–Trinajstić information content (AvgIpc) is 2.81. The summed E-state index contributed by atoms with van der Waals surface area (Å²) in [5.41, 5.74) is -0.0941. The van der Waals surface area contributed by atoms with Crippen molar-refractivity contribution < 1.29 is 14.4 Å². The lowest BCUT2D eigenvalue weighted by Crippen LogP contribution is -2.43. The van der Waals surface area contributed by atoms with Gasteiger partial charge in [-0.25, -0.2) is 4.90 Å². The molecule has 0 aromatic heterocycles. The summed E-state index contributed by atoms with van der Waals surface area (Å²) in [5, 5.41) is -0.289. The van der Waals surface area contributed by atoms with Crippen molar-refractivity contribution in [1.29, 1.82) is 0 Å². The molecule has 1 heterocycles. The molecular weight excluding hydrogens is 333 g/mol. The molecule has 1 aliphatic heterocycles. The molecule has 1 atom stereocenters. The Morgan fingerprint density at radius 3 is 2.24 bits per heavy atom. The molecule has 0 N–H and O–H groups in total. The van der Waals surface area contributed by atoms with Gasteiger partial charge in [-0.3, -0.25) is 9.59 Å². The highest BCUT2D eigenvalue weighted by Gasteiger charge is 2.42. The fourth-order valence-corrected chi connectivity index (χ4v) is 3.81. The minimum absolute atomic E-state index is 0.152. The van der Waals surface area contributed by atoms with Gasteiger partial charge in [0.2, 0.25) is 11.8 Å². The summed E-state index contributed by atoms with van der Waals surface area (Å²) in [4.78, 5) is 37.8. The van der Waals surface area contributed by atoms with Gasteiger partial charge in [0.25, 0.3) is 0 Å². The second-order valence-corrected chi connectivity index (χ2v) is 8.86. The van der Waals surface area contributed by atoms with Gasteiger partial charge in [-0.1, -0.05) is 46.8 Å². The molecule has 2 rings (SSSR count). The molecule has 2 radical (unpaired) electrons. The lowest BCUT2D eigenvalue weighted by Gasteiger charge is -2.41. The number of rotatable bonds is 6. The first-order chi connectivity index (χ1) is 11.5. The van der Waals surface area contributed by atoms with E-state index in [0.29, 0.717) is 5.69 Å². The Labute approximate surface area is 155 Å². The molecule has 0 saturated carbocycles. The summed E-state index contributed by atoms with van der Waals surface area (Å²) < 4.78 is 0. The zero-order valence-electron chi connectivity index (χ0n) is 15.5. The van der Waals surface area contributed by atoms with Crippen molar-refractivity contribution in [2.45, 2.75) is 51.7 Å². The summed E-state index contributed by atoms with van der Waals surface area (Å²) in [6, 6.07) is 7.26. The molecule has 25 heavy (non-hydrogen) atoms. The summed E-state index contributed by atoms with van der Waals surface area (Å²) >= 11 is 1.50. The van der Waals surface area contributed by atoms with Crippen molar-refractivity contribution in [2.24, 2.45) is 5.41 Å². The average molecular weight is 357 g/mol. The number of benzene rings is 1. The van der Waals surface area contributed by atoms with Crippen LogP contribution in [0.25, 0.3) is 0 Å². The van der Waals surface area contributed by atoms with E-state index >= 15 is 0 Å². The van der Waals surface area contributed by atoms with E-state index in [2.05, 4.69) is 0 Å². The third-order valence-corrected chi connectivity index (χ3v) is 6.60. The first-order valence-electron chi connectivity index (χ1n) is 8.43. The molecule has 1 aliphatic rings. The number of hydrogen-bond acceptors (Lipinski definition) is 4. The van der Waals surface area contributed by atoms with Crippen LogP contribution in [0.4, 0.5) is 5.69 Å². The molecule has 1 fully saturated rings. The number of amides is 2. The van der Waals surface area contributed by atoms with Crippen molar-refractivity contribution in [2.75, 3.05) is 10.7 Å². The number of anilines is 1. The molecule has 1 aromatic rings. The number of carbonyl (C=O) groups is 3. The molecule has 132 valence electrons. The molecule has 1 aromatic carbocycles. The van der Waals surface area contributed by atoms with E-state index in [9.17, 15) is 14.4 Å². The van der Waals surface area contributed by atoms with Crippen molar-refractivity contribution in [3.63, 3.8) is 0 Å². The van der Waals surface area contributed by atoms with Crippen LogP contribution in [0.3, 0.4) is 0 Å². The van der Waals surface area contributed by atoms with Gasteiger partial charge in [0, 0.05) is 17.3 Å². The Kier molecular flexibility index (Phi) is 5.52.